The molecule has 5 heteroatoms. The van der Waals surface area contributed by atoms with E-state index in [0.29, 0.717) is 6.61 Å². The van der Waals surface area contributed by atoms with Crippen molar-refractivity contribution in [3.63, 3.8) is 0 Å². The van der Waals surface area contributed by atoms with Crippen molar-refractivity contribution in [2.24, 2.45) is 23.7 Å². The number of anilines is 1. The van der Waals surface area contributed by atoms with E-state index in [2.05, 4.69) is 5.32 Å². The van der Waals surface area contributed by atoms with Gasteiger partial charge >= 0.3 is 5.97 Å². The molecule has 4 rings (SSSR count). The Kier molecular flexibility index (Phi) is 3.10. The summed E-state index contributed by atoms with van der Waals surface area (Å²) in [6.07, 6.45) is 1.86. The molecule has 0 radical (unpaired) electrons. The normalized spacial score (nSPS) is 34.6. The average Bonchev–Trinajstić information content (AvgIpc) is 3.11. The summed E-state index contributed by atoms with van der Waals surface area (Å²) >= 11 is 0. The SMILES string of the molecule is CCOc1ccc(NC(=O)[C@@H]2[C@H]3C[C@@H]4[C@@H]2C(=O)O[C@@H]4C3)cc1. The van der Waals surface area contributed by atoms with Gasteiger partial charge in [0.2, 0.25) is 5.91 Å². The third kappa shape index (κ3) is 1.99. The van der Waals surface area contributed by atoms with Crippen LogP contribution in [-0.4, -0.2) is 24.6 Å². The van der Waals surface area contributed by atoms with E-state index in [0.717, 1.165) is 24.3 Å². The van der Waals surface area contributed by atoms with Crippen LogP contribution in [0, 0.1) is 23.7 Å². The molecule has 1 heterocycles. The van der Waals surface area contributed by atoms with Crippen LogP contribution in [0.5, 0.6) is 5.75 Å². The van der Waals surface area contributed by atoms with E-state index >= 15 is 0 Å². The number of amides is 1. The first-order chi connectivity index (χ1) is 10.7. The number of benzene rings is 1. The van der Waals surface area contributed by atoms with Crippen LogP contribution in [0.1, 0.15) is 19.8 Å². The highest BCUT2D eigenvalue weighted by Crippen LogP contribution is 2.57. The first-order valence-corrected chi connectivity index (χ1v) is 7.91. The molecular formula is C17H19NO4. The molecule has 3 aliphatic rings. The molecule has 5 nitrogen and oxygen atoms in total. The molecule has 0 unspecified atom stereocenters. The summed E-state index contributed by atoms with van der Waals surface area (Å²) < 4.78 is 10.8. The molecular weight excluding hydrogens is 282 g/mol. The number of nitrogens with one attached hydrogen (secondary N) is 1. The summed E-state index contributed by atoms with van der Waals surface area (Å²) in [5, 5.41) is 2.94. The van der Waals surface area contributed by atoms with Crippen LogP contribution >= 0.6 is 0 Å². The molecule has 2 aliphatic carbocycles. The molecule has 0 aromatic heterocycles. The average molecular weight is 301 g/mol. The van der Waals surface area contributed by atoms with Gasteiger partial charge in [0.1, 0.15) is 11.9 Å². The van der Waals surface area contributed by atoms with Gasteiger partial charge in [-0.1, -0.05) is 0 Å². The second kappa shape index (κ2) is 5.00. The summed E-state index contributed by atoms with van der Waals surface area (Å²) in [5.41, 5.74) is 0.735. The highest BCUT2D eigenvalue weighted by molar-refractivity contribution is 5.97. The third-order valence-electron chi connectivity index (χ3n) is 5.22. The highest BCUT2D eigenvalue weighted by atomic mass is 16.6. The van der Waals surface area contributed by atoms with Crippen LogP contribution < -0.4 is 10.1 Å². The smallest absolute Gasteiger partial charge is 0.310 e. The third-order valence-corrected chi connectivity index (χ3v) is 5.22. The molecule has 22 heavy (non-hydrogen) atoms. The van der Waals surface area contributed by atoms with E-state index in [1.807, 2.05) is 31.2 Å². The molecule has 1 N–H and O–H groups in total. The number of rotatable bonds is 4. The standard InChI is InChI=1S/C17H19NO4/c1-2-21-11-5-3-10(4-6-11)18-16(19)14-9-7-12-13(8-9)22-17(20)15(12)14/h3-6,9,12-15H,2,7-8H2,1H3,(H,18,19)/t9-,12-,13+,14+,15-/m0/s1. The molecule has 116 valence electrons. The number of fused-ring (bicyclic) bond motifs is 1. The maximum atomic E-state index is 12.6. The van der Waals surface area contributed by atoms with Gasteiger partial charge in [-0.05, 0) is 49.9 Å². The number of hydrogen-bond donors (Lipinski definition) is 1. The lowest BCUT2D eigenvalue weighted by Crippen LogP contribution is -2.35. The summed E-state index contributed by atoms with van der Waals surface area (Å²) in [7, 11) is 0. The zero-order valence-corrected chi connectivity index (χ0v) is 12.5. The van der Waals surface area contributed by atoms with Crippen molar-refractivity contribution in [3.8, 4) is 5.75 Å². The number of carbonyl (C=O) groups excluding carboxylic acids is 2. The Morgan fingerprint density at radius 2 is 2.09 bits per heavy atom. The van der Waals surface area contributed by atoms with E-state index in [1.54, 1.807) is 0 Å². The van der Waals surface area contributed by atoms with Crippen molar-refractivity contribution in [1.29, 1.82) is 0 Å². The first-order valence-electron chi connectivity index (χ1n) is 7.91. The Bertz CT molecular complexity index is 610. The quantitative estimate of drug-likeness (QED) is 0.866. The minimum absolute atomic E-state index is 0.0565. The molecule has 3 fully saturated rings. The number of hydrogen-bond acceptors (Lipinski definition) is 4. The maximum absolute atomic E-state index is 12.6. The summed E-state index contributed by atoms with van der Waals surface area (Å²) in [6.45, 7) is 2.54. The van der Waals surface area contributed by atoms with Crippen LogP contribution in [-0.2, 0) is 14.3 Å². The van der Waals surface area contributed by atoms with Gasteiger partial charge in [0.15, 0.2) is 0 Å². The van der Waals surface area contributed by atoms with E-state index in [4.69, 9.17) is 9.47 Å². The van der Waals surface area contributed by atoms with Crippen molar-refractivity contribution in [1.82, 2.24) is 0 Å². The summed E-state index contributed by atoms with van der Waals surface area (Å²) in [6, 6.07) is 7.32. The van der Waals surface area contributed by atoms with Crippen LogP contribution in [0.2, 0.25) is 0 Å². The van der Waals surface area contributed by atoms with Crippen molar-refractivity contribution in [2.45, 2.75) is 25.9 Å². The van der Waals surface area contributed by atoms with E-state index < -0.39 is 0 Å². The van der Waals surface area contributed by atoms with Gasteiger partial charge in [-0.3, -0.25) is 9.59 Å². The minimum atomic E-state index is -0.234. The first kappa shape index (κ1) is 13.6. The Balaban J connectivity index is 1.47. The zero-order valence-electron chi connectivity index (χ0n) is 12.5. The fourth-order valence-electron chi connectivity index (χ4n) is 4.39. The minimum Gasteiger partial charge on any atom is -0.494 e. The van der Waals surface area contributed by atoms with Gasteiger partial charge in [-0.2, -0.15) is 0 Å². The lowest BCUT2D eigenvalue weighted by molar-refractivity contribution is -0.145. The lowest BCUT2D eigenvalue weighted by atomic mass is 9.79. The van der Waals surface area contributed by atoms with Gasteiger partial charge in [0.25, 0.3) is 0 Å². The fourth-order valence-corrected chi connectivity index (χ4v) is 4.39. The van der Waals surface area contributed by atoms with E-state index in [1.165, 1.54) is 0 Å². The molecule has 1 aromatic rings. The van der Waals surface area contributed by atoms with Crippen LogP contribution in [0.15, 0.2) is 24.3 Å². The molecule has 1 saturated heterocycles. The highest BCUT2D eigenvalue weighted by Gasteiger charge is 2.63. The fraction of sp³-hybridized carbons (Fsp3) is 0.529. The Morgan fingerprint density at radius 3 is 2.82 bits per heavy atom. The molecule has 0 spiro atoms. The van der Waals surface area contributed by atoms with Crippen molar-refractivity contribution in [3.05, 3.63) is 24.3 Å². The predicted molar refractivity (Wildman–Crippen MR) is 79.3 cm³/mol. The van der Waals surface area contributed by atoms with Crippen molar-refractivity contribution < 1.29 is 19.1 Å². The number of ether oxygens (including phenoxy) is 2. The maximum Gasteiger partial charge on any atom is 0.310 e. The van der Waals surface area contributed by atoms with E-state index in [9.17, 15) is 9.59 Å². The molecule has 5 atom stereocenters. The second-order valence-corrected chi connectivity index (χ2v) is 6.37. The topological polar surface area (TPSA) is 64.6 Å². The van der Waals surface area contributed by atoms with Crippen LogP contribution in [0.3, 0.4) is 0 Å². The largest absolute Gasteiger partial charge is 0.494 e. The monoisotopic (exact) mass is 301 g/mol. The zero-order chi connectivity index (χ0) is 15.3. The lowest BCUT2D eigenvalue weighted by Gasteiger charge is -2.23. The molecule has 1 aliphatic heterocycles. The molecule has 1 aromatic carbocycles. The summed E-state index contributed by atoms with van der Waals surface area (Å²) in [4.78, 5) is 24.6. The van der Waals surface area contributed by atoms with Gasteiger partial charge < -0.3 is 14.8 Å². The molecule has 2 saturated carbocycles. The van der Waals surface area contributed by atoms with Crippen molar-refractivity contribution >= 4 is 17.6 Å². The number of carbonyl (C=O) groups is 2. The molecule has 1 amide bonds. The Morgan fingerprint density at radius 1 is 1.32 bits per heavy atom. The van der Waals surface area contributed by atoms with Gasteiger partial charge in [0.05, 0.1) is 18.4 Å². The van der Waals surface area contributed by atoms with Gasteiger partial charge in [-0.15, -0.1) is 0 Å². The van der Waals surface area contributed by atoms with Crippen LogP contribution in [0.25, 0.3) is 0 Å². The summed E-state index contributed by atoms with van der Waals surface area (Å²) in [5.74, 6) is 0.625. The Labute approximate surface area is 129 Å². The Hall–Kier alpha value is -2.04. The van der Waals surface area contributed by atoms with Crippen LogP contribution in [0.4, 0.5) is 5.69 Å². The van der Waals surface area contributed by atoms with Gasteiger partial charge in [-0.25, -0.2) is 0 Å². The van der Waals surface area contributed by atoms with Gasteiger partial charge in [0, 0.05) is 11.6 Å². The second-order valence-electron chi connectivity index (χ2n) is 6.37. The van der Waals surface area contributed by atoms with Crippen molar-refractivity contribution in [2.75, 3.05) is 11.9 Å². The number of esters is 1. The predicted octanol–water partition coefficient (Wildman–Crippen LogP) is 2.22. The molecule has 2 bridgehead atoms. The van der Waals surface area contributed by atoms with E-state index in [-0.39, 0.29) is 41.7 Å².